The number of ketones is 1. The van der Waals surface area contributed by atoms with Crippen LogP contribution in [0.3, 0.4) is 0 Å². The van der Waals surface area contributed by atoms with E-state index in [0.29, 0.717) is 0 Å². The summed E-state index contributed by atoms with van der Waals surface area (Å²) in [6, 6.07) is 5.81. The molecule has 0 spiro atoms. The Morgan fingerprint density at radius 1 is 1.22 bits per heavy atom. The second kappa shape index (κ2) is 7.43. The third-order valence-corrected chi connectivity index (χ3v) is 5.87. The molecule has 1 aromatic heterocycles. The van der Waals surface area contributed by atoms with Gasteiger partial charge in [0.05, 0.1) is 10.2 Å². The fraction of sp³-hybridized carbons (Fsp3) is 0.579. The van der Waals surface area contributed by atoms with Crippen LogP contribution >= 0.6 is 11.3 Å². The summed E-state index contributed by atoms with van der Waals surface area (Å²) in [6.07, 6.45) is 8.91. The topological polar surface area (TPSA) is 39.1 Å². The van der Waals surface area contributed by atoms with Crippen LogP contribution in [0.4, 0.5) is 0 Å². The second-order valence-electron chi connectivity index (χ2n) is 6.61. The fourth-order valence-corrected chi connectivity index (χ4v) is 4.45. The summed E-state index contributed by atoms with van der Waals surface area (Å²) in [6.45, 7) is 2.92. The second-order valence-corrected chi connectivity index (χ2v) is 7.60. The summed E-state index contributed by atoms with van der Waals surface area (Å²) in [5, 5.41) is 0. The molecule has 2 aromatic rings. The molecule has 3 rings (SSSR count). The molecular formula is C19H25NO2S. The Hall–Kier alpha value is -1.42. The van der Waals surface area contributed by atoms with E-state index in [4.69, 9.17) is 0 Å². The molecule has 124 valence electrons. The maximum atomic E-state index is 12.7. The zero-order valence-corrected chi connectivity index (χ0v) is 14.7. The Kier molecular flexibility index (Phi) is 5.31. The Bertz CT molecular complexity index is 737. The highest BCUT2D eigenvalue weighted by atomic mass is 32.1. The summed E-state index contributed by atoms with van der Waals surface area (Å²) in [5.74, 6) is 0.449. The van der Waals surface area contributed by atoms with E-state index in [0.717, 1.165) is 54.4 Å². The van der Waals surface area contributed by atoms with E-state index in [1.165, 1.54) is 30.6 Å². The van der Waals surface area contributed by atoms with Gasteiger partial charge in [-0.3, -0.25) is 14.2 Å². The summed E-state index contributed by atoms with van der Waals surface area (Å²) >= 11 is 1.29. The predicted molar refractivity (Wildman–Crippen MR) is 96.5 cm³/mol. The number of Topliss-reactive ketones (excluding diaryl/α,β-unsaturated/α-hetero) is 1. The number of carbonyl (C=O) groups excluding carboxylic acids is 1. The highest BCUT2D eigenvalue weighted by Crippen LogP contribution is 2.28. The van der Waals surface area contributed by atoms with Crippen LogP contribution in [0, 0.1) is 5.92 Å². The molecular weight excluding hydrogens is 306 g/mol. The molecule has 23 heavy (non-hydrogen) atoms. The van der Waals surface area contributed by atoms with E-state index in [1.807, 2.05) is 22.8 Å². The maximum absolute atomic E-state index is 12.7. The van der Waals surface area contributed by atoms with Crippen LogP contribution in [0.25, 0.3) is 10.2 Å². The molecule has 3 nitrogen and oxygen atoms in total. The van der Waals surface area contributed by atoms with Gasteiger partial charge in [0.25, 0.3) is 0 Å². The molecule has 0 bridgehead atoms. The third kappa shape index (κ3) is 3.57. The van der Waals surface area contributed by atoms with E-state index in [9.17, 15) is 9.59 Å². The van der Waals surface area contributed by atoms with E-state index in [-0.39, 0.29) is 16.6 Å². The number of hydrogen-bond acceptors (Lipinski definition) is 3. The number of thiazole rings is 1. The van der Waals surface area contributed by atoms with Crippen LogP contribution in [0.1, 0.15) is 68.6 Å². The van der Waals surface area contributed by atoms with Crippen LogP contribution in [0.2, 0.25) is 0 Å². The van der Waals surface area contributed by atoms with Gasteiger partial charge in [0, 0.05) is 18.0 Å². The van der Waals surface area contributed by atoms with Gasteiger partial charge in [0.2, 0.25) is 0 Å². The summed E-state index contributed by atoms with van der Waals surface area (Å²) in [5.41, 5.74) is 1.73. The first-order valence-corrected chi connectivity index (χ1v) is 9.70. The van der Waals surface area contributed by atoms with Crippen molar-refractivity contribution in [2.75, 3.05) is 0 Å². The Morgan fingerprint density at radius 2 is 2.00 bits per heavy atom. The number of carbonyl (C=O) groups is 1. The van der Waals surface area contributed by atoms with Gasteiger partial charge < -0.3 is 0 Å². The van der Waals surface area contributed by atoms with E-state index in [2.05, 4.69) is 6.92 Å². The van der Waals surface area contributed by atoms with Gasteiger partial charge in [-0.05, 0) is 37.5 Å². The molecule has 1 aliphatic rings. The Labute approximate surface area is 141 Å². The molecule has 1 aliphatic carbocycles. The fourth-order valence-electron chi connectivity index (χ4n) is 3.55. The SMILES string of the molecule is CCCCCn1c(=O)sc2ccc(C(=O)C3CCCCC3)cc21. The lowest BCUT2D eigenvalue weighted by molar-refractivity contribution is 0.0889. The zero-order chi connectivity index (χ0) is 16.2. The van der Waals surface area contributed by atoms with Crippen molar-refractivity contribution in [3.63, 3.8) is 0 Å². The predicted octanol–water partition coefficient (Wildman–Crippen LogP) is 5.02. The van der Waals surface area contributed by atoms with E-state index >= 15 is 0 Å². The first-order valence-electron chi connectivity index (χ1n) is 8.88. The summed E-state index contributed by atoms with van der Waals surface area (Å²) in [7, 11) is 0. The van der Waals surface area contributed by atoms with Crippen LogP contribution in [0.5, 0.6) is 0 Å². The minimum absolute atomic E-state index is 0.0957. The summed E-state index contributed by atoms with van der Waals surface area (Å²) < 4.78 is 2.85. The number of rotatable bonds is 6. The monoisotopic (exact) mass is 331 g/mol. The van der Waals surface area contributed by atoms with Crippen molar-refractivity contribution in [3.05, 3.63) is 33.4 Å². The van der Waals surface area contributed by atoms with Gasteiger partial charge in [-0.1, -0.05) is 50.4 Å². The van der Waals surface area contributed by atoms with E-state index < -0.39 is 0 Å². The third-order valence-electron chi connectivity index (χ3n) is 4.91. The van der Waals surface area contributed by atoms with Crippen molar-refractivity contribution in [3.8, 4) is 0 Å². The number of benzene rings is 1. The van der Waals surface area contributed by atoms with Crippen molar-refractivity contribution >= 4 is 27.3 Å². The average Bonchev–Trinajstić information content (AvgIpc) is 2.90. The molecule has 1 saturated carbocycles. The van der Waals surface area contributed by atoms with Gasteiger partial charge in [0.1, 0.15) is 0 Å². The van der Waals surface area contributed by atoms with Crippen LogP contribution in [-0.2, 0) is 6.54 Å². The van der Waals surface area contributed by atoms with Gasteiger partial charge in [-0.2, -0.15) is 0 Å². The minimum Gasteiger partial charge on any atom is -0.299 e. The highest BCUT2D eigenvalue weighted by Gasteiger charge is 2.23. The van der Waals surface area contributed by atoms with Gasteiger partial charge in [0.15, 0.2) is 5.78 Å². The molecule has 0 radical (unpaired) electrons. The molecule has 4 heteroatoms. The molecule has 0 amide bonds. The Morgan fingerprint density at radius 3 is 2.74 bits per heavy atom. The number of aromatic nitrogens is 1. The molecule has 0 saturated heterocycles. The average molecular weight is 331 g/mol. The number of hydrogen-bond donors (Lipinski definition) is 0. The number of aryl methyl sites for hydroxylation is 1. The largest absolute Gasteiger partial charge is 0.308 e. The van der Waals surface area contributed by atoms with Crippen molar-refractivity contribution in [2.24, 2.45) is 5.92 Å². The zero-order valence-electron chi connectivity index (χ0n) is 13.8. The molecule has 1 fully saturated rings. The minimum atomic E-state index is 0.0957. The number of nitrogens with zero attached hydrogens (tertiary/aromatic N) is 1. The molecule has 0 aliphatic heterocycles. The first kappa shape index (κ1) is 16.4. The molecule has 0 unspecified atom stereocenters. The lowest BCUT2D eigenvalue weighted by Crippen LogP contribution is -2.18. The van der Waals surface area contributed by atoms with Crippen molar-refractivity contribution in [1.82, 2.24) is 4.57 Å². The maximum Gasteiger partial charge on any atom is 0.308 e. The smallest absolute Gasteiger partial charge is 0.299 e. The van der Waals surface area contributed by atoms with Crippen LogP contribution in [0.15, 0.2) is 23.0 Å². The van der Waals surface area contributed by atoms with E-state index in [1.54, 1.807) is 0 Å². The highest BCUT2D eigenvalue weighted by molar-refractivity contribution is 7.16. The van der Waals surface area contributed by atoms with Gasteiger partial charge in [-0.15, -0.1) is 0 Å². The molecule has 1 aromatic carbocycles. The molecule has 1 heterocycles. The standard InChI is InChI=1S/C19H25NO2S/c1-2-3-7-12-20-16-13-15(10-11-17(16)23-19(20)22)18(21)14-8-5-4-6-9-14/h10-11,13-14H,2-9,12H2,1H3. The van der Waals surface area contributed by atoms with Crippen molar-refractivity contribution in [1.29, 1.82) is 0 Å². The molecule has 0 N–H and O–H groups in total. The molecule has 0 atom stereocenters. The van der Waals surface area contributed by atoms with Crippen LogP contribution < -0.4 is 4.87 Å². The first-order chi connectivity index (χ1) is 11.2. The normalized spacial score (nSPS) is 16.0. The van der Waals surface area contributed by atoms with Crippen molar-refractivity contribution in [2.45, 2.75) is 64.8 Å². The lowest BCUT2D eigenvalue weighted by atomic mass is 9.84. The Balaban J connectivity index is 1.89. The van der Waals surface area contributed by atoms with Gasteiger partial charge >= 0.3 is 4.87 Å². The number of unbranched alkanes of at least 4 members (excludes halogenated alkanes) is 2. The number of fused-ring (bicyclic) bond motifs is 1. The van der Waals surface area contributed by atoms with Crippen molar-refractivity contribution < 1.29 is 4.79 Å². The van der Waals surface area contributed by atoms with Crippen LogP contribution in [-0.4, -0.2) is 10.4 Å². The lowest BCUT2D eigenvalue weighted by Gasteiger charge is -2.20. The quantitative estimate of drug-likeness (QED) is 0.551. The summed E-state index contributed by atoms with van der Waals surface area (Å²) in [4.78, 5) is 25.0. The van der Waals surface area contributed by atoms with Gasteiger partial charge in [-0.25, -0.2) is 0 Å².